The molecule has 0 aliphatic carbocycles. The molecular formula is C6H10ClN3O2S. The van der Waals surface area contributed by atoms with Gasteiger partial charge in [0.05, 0.1) is 5.69 Å². The SMILES string of the molecule is Cc1cc(Cl)n(S(=O)(=O)N(C)C)n1. The summed E-state index contributed by atoms with van der Waals surface area (Å²) in [7, 11) is -0.741. The summed E-state index contributed by atoms with van der Waals surface area (Å²) in [5, 5.41) is 3.85. The molecule has 0 aromatic carbocycles. The molecule has 0 aliphatic rings. The summed E-state index contributed by atoms with van der Waals surface area (Å²) in [4.78, 5) is 0. The van der Waals surface area contributed by atoms with E-state index in [1.807, 2.05) is 0 Å². The molecule has 74 valence electrons. The molecule has 0 spiro atoms. The van der Waals surface area contributed by atoms with Crippen molar-refractivity contribution < 1.29 is 8.42 Å². The van der Waals surface area contributed by atoms with Crippen molar-refractivity contribution in [2.45, 2.75) is 6.92 Å². The zero-order chi connectivity index (χ0) is 10.2. The molecule has 5 nitrogen and oxygen atoms in total. The Labute approximate surface area is 82.1 Å². The smallest absolute Gasteiger partial charge is 0.189 e. The Morgan fingerprint density at radius 1 is 1.54 bits per heavy atom. The van der Waals surface area contributed by atoms with Crippen LogP contribution in [0.15, 0.2) is 6.07 Å². The van der Waals surface area contributed by atoms with E-state index < -0.39 is 10.2 Å². The molecule has 0 amide bonds. The van der Waals surface area contributed by atoms with E-state index in [-0.39, 0.29) is 5.15 Å². The van der Waals surface area contributed by atoms with Crippen LogP contribution in [0.2, 0.25) is 5.15 Å². The van der Waals surface area contributed by atoms with Crippen LogP contribution >= 0.6 is 11.6 Å². The Morgan fingerprint density at radius 2 is 2.08 bits per heavy atom. The zero-order valence-corrected chi connectivity index (χ0v) is 9.09. The van der Waals surface area contributed by atoms with E-state index in [0.29, 0.717) is 5.69 Å². The van der Waals surface area contributed by atoms with Crippen LogP contribution in [-0.4, -0.2) is 36.0 Å². The van der Waals surface area contributed by atoms with Crippen LogP contribution in [0.4, 0.5) is 0 Å². The monoisotopic (exact) mass is 223 g/mol. The van der Waals surface area contributed by atoms with Crippen LogP contribution in [0.25, 0.3) is 0 Å². The maximum atomic E-state index is 11.5. The van der Waals surface area contributed by atoms with Crippen LogP contribution in [0.1, 0.15) is 5.69 Å². The second-order valence-electron chi connectivity index (χ2n) is 2.74. The van der Waals surface area contributed by atoms with E-state index in [9.17, 15) is 8.42 Å². The average Bonchev–Trinajstić information content (AvgIpc) is 2.30. The highest BCUT2D eigenvalue weighted by atomic mass is 35.5. The second-order valence-corrected chi connectivity index (χ2v) is 5.10. The summed E-state index contributed by atoms with van der Waals surface area (Å²) < 4.78 is 24.9. The summed E-state index contributed by atoms with van der Waals surface area (Å²) in [5.41, 5.74) is 0.565. The lowest BCUT2D eigenvalue weighted by atomic mass is 10.5. The molecule has 0 unspecified atom stereocenters. The van der Waals surface area contributed by atoms with Gasteiger partial charge in [-0.05, 0) is 13.0 Å². The topological polar surface area (TPSA) is 55.2 Å². The molecule has 0 saturated heterocycles. The van der Waals surface area contributed by atoms with Gasteiger partial charge in [-0.25, -0.2) is 0 Å². The Kier molecular flexibility index (Phi) is 2.65. The average molecular weight is 224 g/mol. The zero-order valence-electron chi connectivity index (χ0n) is 7.52. The first-order valence-electron chi connectivity index (χ1n) is 3.51. The summed E-state index contributed by atoms with van der Waals surface area (Å²) in [6.07, 6.45) is 0. The van der Waals surface area contributed by atoms with Gasteiger partial charge >= 0.3 is 10.2 Å². The van der Waals surface area contributed by atoms with E-state index in [0.717, 1.165) is 8.39 Å². The standard InChI is InChI=1S/C6H10ClN3O2S/c1-5-4-6(7)10(8-5)13(11,12)9(2)3/h4H,1-3H3. The first-order valence-corrected chi connectivity index (χ1v) is 5.28. The third-order valence-electron chi connectivity index (χ3n) is 1.44. The van der Waals surface area contributed by atoms with Gasteiger partial charge in [0.25, 0.3) is 0 Å². The Morgan fingerprint density at radius 3 is 2.38 bits per heavy atom. The molecule has 0 fully saturated rings. The van der Waals surface area contributed by atoms with E-state index >= 15 is 0 Å². The van der Waals surface area contributed by atoms with Crippen molar-refractivity contribution in [1.29, 1.82) is 0 Å². The molecule has 0 saturated carbocycles. The van der Waals surface area contributed by atoms with Gasteiger partial charge in [0.1, 0.15) is 5.15 Å². The van der Waals surface area contributed by atoms with Gasteiger partial charge in [-0.3, -0.25) is 0 Å². The first-order chi connectivity index (χ1) is 5.85. The predicted molar refractivity (Wildman–Crippen MR) is 50.0 cm³/mol. The largest absolute Gasteiger partial charge is 0.323 e. The molecule has 1 rings (SSSR count). The van der Waals surface area contributed by atoms with Gasteiger partial charge in [-0.2, -0.15) is 17.8 Å². The van der Waals surface area contributed by atoms with Crippen LogP contribution in [0.3, 0.4) is 0 Å². The van der Waals surface area contributed by atoms with Crippen LogP contribution in [-0.2, 0) is 10.2 Å². The van der Waals surface area contributed by atoms with Gasteiger partial charge in [-0.15, -0.1) is 4.09 Å². The first kappa shape index (κ1) is 10.5. The normalized spacial score (nSPS) is 12.4. The van der Waals surface area contributed by atoms with Gasteiger partial charge in [-0.1, -0.05) is 11.6 Å². The Balaban J connectivity index is 3.31. The molecule has 13 heavy (non-hydrogen) atoms. The van der Waals surface area contributed by atoms with Crippen molar-refractivity contribution in [3.05, 3.63) is 16.9 Å². The summed E-state index contributed by atoms with van der Waals surface area (Å²) in [6.45, 7) is 1.67. The second kappa shape index (κ2) is 3.28. The number of rotatable bonds is 2. The summed E-state index contributed by atoms with van der Waals surface area (Å²) >= 11 is 5.67. The predicted octanol–water partition coefficient (Wildman–Crippen LogP) is 0.499. The number of hydrogen-bond acceptors (Lipinski definition) is 3. The summed E-state index contributed by atoms with van der Waals surface area (Å²) in [5.74, 6) is 0. The van der Waals surface area contributed by atoms with E-state index in [1.54, 1.807) is 6.92 Å². The lowest BCUT2D eigenvalue weighted by Crippen LogP contribution is -2.29. The fourth-order valence-corrected chi connectivity index (χ4v) is 2.04. The molecule has 1 aromatic heterocycles. The number of aromatic nitrogens is 2. The lowest BCUT2D eigenvalue weighted by molar-refractivity contribution is 0.503. The molecule has 1 heterocycles. The van der Waals surface area contributed by atoms with Crippen molar-refractivity contribution in [1.82, 2.24) is 13.5 Å². The van der Waals surface area contributed by atoms with Crippen LogP contribution < -0.4 is 0 Å². The van der Waals surface area contributed by atoms with Gasteiger partial charge in [0.15, 0.2) is 0 Å². The molecule has 0 atom stereocenters. The van der Waals surface area contributed by atoms with Gasteiger partial charge in [0.2, 0.25) is 0 Å². The number of aryl methyl sites for hydroxylation is 1. The minimum absolute atomic E-state index is 0.0891. The molecule has 0 bridgehead atoms. The fraction of sp³-hybridized carbons (Fsp3) is 0.500. The molecule has 0 radical (unpaired) electrons. The van der Waals surface area contributed by atoms with Gasteiger partial charge in [0, 0.05) is 14.1 Å². The van der Waals surface area contributed by atoms with Crippen molar-refractivity contribution in [2.75, 3.05) is 14.1 Å². The highest BCUT2D eigenvalue weighted by Crippen LogP contribution is 2.13. The molecule has 7 heteroatoms. The van der Waals surface area contributed by atoms with Crippen LogP contribution in [0.5, 0.6) is 0 Å². The Hall–Kier alpha value is -0.590. The third kappa shape index (κ3) is 1.84. The van der Waals surface area contributed by atoms with E-state index in [1.165, 1.54) is 20.2 Å². The molecule has 1 aromatic rings. The quantitative estimate of drug-likeness (QED) is 0.734. The number of halogens is 1. The van der Waals surface area contributed by atoms with E-state index in [4.69, 9.17) is 11.6 Å². The highest BCUT2D eigenvalue weighted by Gasteiger charge is 2.20. The van der Waals surface area contributed by atoms with Crippen molar-refractivity contribution in [3.8, 4) is 0 Å². The maximum Gasteiger partial charge on any atom is 0.323 e. The van der Waals surface area contributed by atoms with E-state index in [2.05, 4.69) is 5.10 Å². The lowest BCUT2D eigenvalue weighted by Gasteiger charge is -2.10. The Bertz CT molecular complexity index is 410. The number of hydrogen-bond donors (Lipinski definition) is 0. The van der Waals surface area contributed by atoms with Gasteiger partial charge < -0.3 is 0 Å². The number of nitrogens with zero attached hydrogens (tertiary/aromatic N) is 3. The fourth-order valence-electron chi connectivity index (χ4n) is 0.764. The maximum absolute atomic E-state index is 11.5. The van der Waals surface area contributed by atoms with Crippen LogP contribution in [0, 0.1) is 6.92 Å². The molecule has 0 aliphatic heterocycles. The minimum Gasteiger partial charge on any atom is -0.189 e. The highest BCUT2D eigenvalue weighted by molar-refractivity contribution is 7.87. The summed E-state index contributed by atoms with van der Waals surface area (Å²) in [6, 6.07) is 1.49. The minimum atomic E-state index is -3.58. The molecule has 0 N–H and O–H groups in total. The van der Waals surface area contributed by atoms with Crippen molar-refractivity contribution >= 4 is 21.8 Å². The van der Waals surface area contributed by atoms with Crippen molar-refractivity contribution in [2.24, 2.45) is 0 Å². The third-order valence-corrected chi connectivity index (χ3v) is 3.45. The molecular weight excluding hydrogens is 214 g/mol. The van der Waals surface area contributed by atoms with Crippen molar-refractivity contribution in [3.63, 3.8) is 0 Å².